The molecule has 0 aromatic carbocycles. The molecule has 0 heterocycles. The van der Waals surface area contributed by atoms with E-state index in [-0.39, 0.29) is 43.3 Å². The van der Waals surface area contributed by atoms with Crippen molar-refractivity contribution in [1.29, 1.82) is 0 Å². The molecule has 3 atom stereocenters. The molecular weight excluding hydrogens is 486 g/mol. The maximum Gasteiger partial charge on any atom is 0.125 e. The van der Waals surface area contributed by atoms with Crippen molar-refractivity contribution in [2.45, 2.75) is 202 Å². The lowest BCUT2D eigenvalue weighted by Crippen LogP contribution is -2.42. The number of hydrogen-bond acceptors (Lipinski definition) is 2. The molecule has 234 valence electrons. The van der Waals surface area contributed by atoms with Crippen LogP contribution in [0.4, 0.5) is 0 Å². The lowest BCUT2D eigenvalue weighted by atomic mass is 9.33. The summed E-state index contributed by atoms with van der Waals surface area (Å²) in [5.41, 5.74) is 0.112. The maximum atomic E-state index is 6.85. The van der Waals surface area contributed by atoms with Gasteiger partial charge in [-0.25, -0.2) is 0 Å². The summed E-state index contributed by atoms with van der Waals surface area (Å²) < 4.78 is 13.5. The van der Waals surface area contributed by atoms with Gasteiger partial charge in [-0.1, -0.05) is 132 Å². The number of rotatable bonds is 16. The van der Waals surface area contributed by atoms with Gasteiger partial charge in [-0.15, -0.1) is 0 Å². The quantitative estimate of drug-likeness (QED) is 0.175. The van der Waals surface area contributed by atoms with Crippen LogP contribution in [0, 0.1) is 22.7 Å². The molecule has 0 amide bonds. The second kappa shape index (κ2) is 12.6. The van der Waals surface area contributed by atoms with Gasteiger partial charge in [-0.05, 0) is 76.0 Å². The van der Waals surface area contributed by atoms with E-state index in [2.05, 4.69) is 146 Å². The van der Waals surface area contributed by atoms with Crippen LogP contribution >= 0.6 is 0 Å². The highest BCUT2D eigenvalue weighted by molar-refractivity contribution is 6.44. The Morgan fingerprint density at radius 1 is 0.675 bits per heavy atom. The van der Waals surface area contributed by atoms with E-state index in [1.165, 1.54) is 12.8 Å². The molecule has 0 aliphatic heterocycles. The average molecular weight is 559 g/mol. The molecule has 2 nitrogen and oxygen atoms in total. The van der Waals surface area contributed by atoms with Crippen LogP contribution in [0.5, 0.6) is 0 Å². The van der Waals surface area contributed by atoms with Gasteiger partial charge in [0, 0.05) is 0 Å². The van der Waals surface area contributed by atoms with Crippen molar-refractivity contribution >= 4 is 14.6 Å². The predicted octanol–water partition coefficient (Wildman–Crippen LogP) is 11.5. The van der Waals surface area contributed by atoms with Crippen molar-refractivity contribution in [2.24, 2.45) is 22.7 Å². The zero-order valence-electron chi connectivity index (χ0n) is 30.9. The van der Waals surface area contributed by atoms with Crippen molar-refractivity contribution in [1.82, 2.24) is 0 Å². The molecule has 1 aliphatic rings. The third-order valence-corrected chi connectivity index (χ3v) is 9.67. The number of ether oxygens (including phenoxy) is 2. The summed E-state index contributed by atoms with van der Waals surface area (Å²) in [6.07, 6.45) is 6.00. The standard InChI is InChI=1S/C36H72B2O2/c1-20-21-26(29(2,3)4)23-39-33(12,13)24-32(10,11)38-36(18,19)35(16,17)27-22-28(27)40-34(14,15)25-31(8,9)37-30(5,6)7/h26-28H,20-25H2,1-19H3. The predicted molar refractivity (Wildman–Crippen MR) is 181 cm³/mol. The van der Waals surface area contributed by atoms with E-state index in [4.69, 9.17) is 9.47 Å². The van der Waals surface area contributed by atoms with Crippen molar-refractivity contribution in [3.05, 3.63) is 0 Å². The van der Waals surface area contributed by atoms with Crippen LogP contribution in [0.15, 0.2) is 0 Å². The van der Waals surface area contributed by atoms with E-state index in [0.29, 0.717) is 17.9 Å². The molecule has 1 fully saturated rings. The Kier molecular flexibility index (Phi) is 12.0. The van der Waals surface area contributed by atoms with E-state index in [1.54, 1.807) is 0 Å². The molecule has 4 heteroatoms. The molecule has 1 rings (SSSR count). The van der Waals surface area contributed by atoms with Gasteiger partial charge < -0.3 is 9.47 Å². The van der Waals surface area contributed by atoms with E-state index < -0.39 is 0 Å². The first-order chi connectivity index (χ1) is 17.4. The van der Waals surface area contributed by atoms with Gasteiger partial charge in [-0.2, -0.15) is 0 Å². The molecule has 0 N–H and O–H groups in total. The van der Waals surface area contributed by atoms with Crippen LogP contribution in [0.1, 0.15) is 164 Å². The molecule has 40 heavy (non-hydrogen) atoms. The molecule has 1 saturated carbocycles. The van der Waals surface area contributed by atoms with Gasteiger partial charge in [0.25, 0.3) is 0 Å². The Morgan fingerprint density at radius 3 is 1.60 bits per heavy atom. The minimum Gasteiger partial charge on any atom is -0.375 e. The van der Waals surface area contributed by atoms with Crippen molar-refractivity contribution in [3.8, 4) is 0 Å². The summed E-state index contributed by atoms with van der Waals surface area (Å²) in [7, 11) is 5.14. The highest BCUT2D eigenvalue weighted by Crippen LogP contribution is 2.62. The molecule has 0 spiro atoms. The van der Waals surface area contributed by atoms with Crippen molar-refractivity contribution < 1.29 is 9.47 Å². The van der Waals surface area contributed by atoms with Crippen molar-refractivity contribution in [3.63, 3.8) is 0 Å². The SMILES string of the molecule is CCCC(COC(C)(C)CC(C)(C)[B]C(C)(C)C(C)(C)C1CC1OC(C)(C)CC(C)(C)[B]C(C)(C)C)C(C)(C)C. The molecule has 0 aromatic heterocycles. The number of hydrogen-bond donors (Lipinski definition) is 0. The highest BCUT2D eigenvalue weighted by Gasteiger charge is 2.57. The minimum atomic E-state index is -0.163. The third kappa shape index (κ3) is 12.3. The van der Waals surface area contributed by atoms with E-state index >= 15 is 0 Å². The van der Waals surface area contributed by atoms with Gasteiger partial charge in [0.2, 0.25) is 0 Å². The first-order valence-electron chi connectivity index (χ1n) is 16.5. The first-order valence-corrected chi connectivity index (χ1v) is 16.5. The summed E-state index contributed by atoms with van der Waals surface area (Å²) in [4.78, 5) is 0. The Balaban J connectivity index is 2.84. The van der Waals surface area contributed by atoms with Crippen LogP contribution in [-0.4, -0.2) is 38.5 Å². The summed E-state index contributed by atoms with van der Waals surface area (Å²) >= 11 is 0. The van der Waals surface area contributed by atoms with Gasteiger partial charge in [-0.3, -0.25) is 0 Å². The van der Waals surface area contributed by atoms with Crippen molar-refractivity contribution in [2.75, 3.05) is 6.61 Å². The fourth-order valence-corrected chi connectivity index (χ4v) is 8.11. The van der Waals surface area contributed by atoms with Gasteiger partial charge in [0.1, 0.15) is 14.6 Å². The Morgan fingerprint density at radius 2 is 1.15 bits per heavy atom. The zero-order valence-corrected chi connectivity index (χ0v) is 30.9. The lowest BCUT2D eigenvalue weighted by molar-refractivity contribution is -0.0643. The fourth-order valence-electron chi connectivity index (χ4n) is 8.11. The molecule has 0 aromatic rings. The normalized spacial score (nSPS) is 20.9. The van der Waals surface area contributed by atoms with Crippen LogP contribution < -0.4 is 0 Å². The van der Waals surface area contributed by atoms with Gasteiger partial charge >= 0.3 is 0 Å². The van der Waals surface area contributed by atoms with E-state index in [0.717, 1.165) is 25.9 Å². The Hall–Kier alpha value is 0.0499. The van der Waals surface area contributed by atoms with Crippen LogP contribution in [0.2, 0.25) is 21.3 Å². The minimum absolute atomic E-state index is 0.0591. The smallest absolute Gasteiger partial charge is 0.125 e. The average Bonchev–Trinajstić information content (AvgIpc) is 3.37. The van der Waals surface area contributed by atoms with E-state index in [9.17, 15) is 0 Å². The maximum absolute atomic E-state index is 6.85. The molecule has 2 radical (unpaired) electrons. The molecule has 0 saturated heterocycles. The summed E-state index contributed by atoms with van der Waals surface area (Å²) in [5, 5.41) is 0.468. The van der Waals surface area contributed by atoms with E-state index in [1.807, 2.05) is 0 Å². The Labute approximate surface area is 255 Å². The topological polar surface area (TPSA) is 18.5 Å². The molecular formula is C36H72B2O2. The second-order valence-corrected chi connectivity index (χ2v) is 19.6. The summed E-state index contributed by atoms with van der Waals surface area (Å²) in [6, 6.07) is 0. The fraction of sp³-hybridized carbons (Fsp3) is 1.00. The highest BCUT2D eigenvalue weighted by atomic mass is 16.5. The van der Waals surface area contributed by atoms with Crippen LogP contribution in [-0.2, 0) is 9.47 Å². The molecule has 0 bridgehead atoms. The first kappa shape index (κ1) is 38.1. The largest absolute Gasteiger partial charge is 0.375 e. The van der Waals surface area contributed by atoms with Gasteiger partial charge in [0.15, 0.2) is 0 Å². The van der Waals surface area contributed by atoms with Gasteiger partial charge in [0.05, 0.1) is 23.9 Å². The zero-order chi connectivity index (χ0) is 31.8. The summed E-state index contributed by atoms with van der Waals surface area (Å²) in [5.74, 6) is 1.17. The lowest BCUT2D eigenvalue weighted by Gasteiger charge is -2.48. The molecule has 3 unspecified atom stereocenters. The van der Waals surface area contributed by atoms with Crippen LogP contribution in [0.3, 0.4) is 0 Å². The summed E-state index contributed by atoms with van der Waals surface area (Å²) in [6.45, 7) is 45.6. The molecule has 1 aliphatic carbocycles. The van der Waals surface area contributed by atoms with Crippen LogP contribution in [0.25, 0.3) is 0 Å². The Bertz CT molecular complexity index is 793. The third-order valence-electron chi connectivity index (χ3n) is 9.67. The monoisotopic (exact) mass is 559 g/mol. The second-order valence-electron chi connectivity index (χ2n) is 19.6.